The lowest BCUT2D eigenvalue weighted by molar-refractivity contribution is -0.0601. The Balaban J connectivity index is 2.02. The maximum Gasteiger partial charge on any atom is 0.101 e. The van der Waals surface area contributed by atoms with Gasteiger partial charge in [0.25, 0.3) is 0 Å². The molecule has 1 aliphatic carbocycles. The first-order valence-electron chi connectivity index (χ1n) is 5.43. The highest BCUT2D eigenvalue weighted by molar-refractivity contribution is 5.55. The van der Waals surface area contributed by atoms with Crippen LogP contribution in [0.2, 0.25) is 0 Å². The molecule has 0 atom stereocenters. The molecule has 0 radical (unpaired) electrons. The van der Waals surface area contributed by atoms with Crippen molar-refractivity contribution in [3.05, 3.63) is 24.0 Å². The summed E-state index contributed by atoms with van der Waals surface area (Å²) < 4.78 is 5.50. The lowest BCUT2D eigenvalue weighted by Gasteiger charge is -2.40. The number of anilines is 1. The number of methoxy groups -OCH3 is 1. The Morgan fingerprint density at radius 1 is 1.62 bits per heavy atom. The Morgan fingerprint density at radius 3 is 3.00 bits per heavy atom. The van der Waals surface area contributed by atoms with Gasteiger partial charge in [0.15, 0.2) is 0 Å². The van der Waals surface area contributed by atoms with Gasteiger partial charge in [-0.1, -0.05) is 0 Å². The number of pyridine rings is 1. The smallest absolute Gasteiger partial charge is 0.101 e. The molecule has 2 rings (SSSR count). The first-order valence-corrected chi connectivity index (χ1v) is 5.43. The van der Waals surface area contributed by atoms with Crippen LogP contribution in [0.1, 0.15) is 24.8 Å². The van der Waals surface area contributed by atoms with Gasteiger partial charge in [-0.15, -0.1) is 0 Å². The summed E-state index contributed by atoms with van der Waals surface area (Å²) in [5.41, 5.74) is 1.37. The van der Waals surface area contributed by atoms with Crippen molar-refractivity contribution in [3.8, 4) is 6.07 Å². The van der Waals surface area contributed by atoms with Gasteiger partial charge in [0.1, 0.15) is 6.07 Å². The Hall–Kier alpha value is -1.60. The predicted molar refractivity (Wildman–Crippen MR) is 61.0 cm³/mol. The van der Waals surface area contributed by atoms with Gasteiger partial charge < -0.3 is 10.1 Å². The second kappa shape index (κ2) is 4.50. The molecule has 0 aromatic carbocycles. The number of nitrogens with one attached hydrogen (secondary N) is 1. The quantitative estimate of drug-likeness (QED) is 0.837. The first kappa shape index (κ1) is 10.9. The number of hydrogen-bond acceptors (Lipinski definition) is 4. The van der Waals surface area contributed by atoms with Crippen molar-refractivity contribution in [2.24, 2.45) is 0 Å². The van der Waals surface area contributed by atoms with Crippen molar-refractivity contribution in [2.75, 3.05) is 19.0 Å². The summed E-state index contributed by atoms with van der Waals surface area (Å²) in [5.74, 6) is 0. The minimum absolute atomic E-state index is 0.0391. The summed E-state index contributed by atoms with van der Waals surface area (Å²) in [7, 11) is 1.75. The Kier molecular flexibility index (Phi) is 3.07. The fourth-order valence-electron chi connectivity index (χ4n) is 1.91. The van der Waals surface area contributed by atoms with Crippen LogP contribution in [-0.2, 0) is 4.74 Å². The number of hydrogen-bond donors (Lipinski definition) is 1. The Labute approximate surface area is 95.3 Å². The maximum absolute atomic E-state index is 8.93. The molecular formula is C12H15N3O. The van der Waals surface area contributed by atoms with E-state index in [1.807, 2.05) is 0 Å². The molecule has 16 heavy (non-hydrogen) atoms. The monoisotopic (exact) mass is 217 g/mol. The minimum atomic E-state index is -0.0391. The van der Waals surface area contributed by atoms with Gasteiger partial charge in [-0.25, -0.2) is 0 Å². The van der Waals surface area contributed by atoms with E-state index in [4.69, 9.17) is 10.00 Å². The summed E-state index contributed by atoms with van der Waals surface area (Å²) in [6.07, 6.45) is 6.69. The third-order valence-electron chi connectivity index (χ3n) is 3.24. The molecule has 0 aliphatic heterocycles. The molecule has 84 valence electrons. The van der Waals surface area contributed by atoms with Crippen LogP contribution in [-0.4, -0.2) is 24.2 Å². The van der Waals surface area contributed by atoms with Gasteiger partial charge in [-0.3, -0.25) is 4.98 Å². The molecule has 4 nitrogen and oxygen atoms in total. The van der Waals surface area contributed by atoms with Crippen LogP contribution in [0.4, 0.5) is 5.69 Å². The molecule has 0 bridgehead atoms. The van der Waals surface area contributed by atoms with E-state index in [-0.39, 0.29) is 5.60 Å². The summed E-state index contributed by atoms with van der Waals surface area (Å²) >= 11 is 0. The first-order chi connectivity index (χ1) is 7.79. The zero-order valence-corrected chi connectivity index (χ0v) is 9.36. The largest absolute Gasteiger partial charge is 0.380 e. The van der Waals surface area contributed by atoms with Crippen molar-refractivity contribution in [2.45, 2.75) is 24.9 Å². The van der Waals surface area contributed by atoms with E-state index >= 15 is 0 Å². The van der Waals surface area contributed by atoms with E-state index in [9.17, 15) is 0 Å². The van der Waals surface area contributed by atoms with Crippen LogP contribution in [0, 0.1) is 11.3 Å². The van der Waals surface area contributed by atoms with Crippen molar-refractivity contribution in [1.29, 1.82) is 5.26 Å². The van der Waals surface area contributed by atoms with E-state index < -0.39 is 0 Å². The van der Waals surface area contributed by atoms with Crippen LogP contribution in [0.25, 0.3) is 0 Å². The third-order valence-corrected chi connectivity index (χ3v) is 3.24. The molecule has 1 aromatic rings. The molecule has 4 heteroatoms. The zero-order valence-electron chi connectivity index (χ0n) is 9.36. The lowest BCUT2D eigenvalue weighted by Crippen LogP contribution is -2.45. The molecule has 0 spiro atoms. The molecular weight excluding hydrogens is 202 g/mol. The SMILES string of the molecule is COC1(CNc2cnccc2C#N)CCC1. The average molecular weight is 217 g/mol. The lowest BCUT2D eigenvalue weighted by atomic mass is 9.80. The fourth-order valence-corrected chi connectivity index (χ4v) is 1.91. The van der Waals surface area contributed by atoms with Gasteiger partial charge in [0, 0.05) is 19.9 Å². The molecule has 1 fully saturated rings. The summed E-state index contributed by atoms with van der Waals surface area (Å²) in [6.45, 7) is 0.740. The Morgan fingerprint density at radius 2 is 2.44 bits per heavy atom. The summed E-state index contributed by atoms with van der Waals surface area (Å²) in [4.78, 5) is 4.01. The van der Waals surface area contributed by atoms with Gasteiger partial charge in [-0.05, 0) is 25.3 Å². The minimum Gasteiger partial charge on any atom is -0.380 e. The van der Waals surface area contributed by atoms with Crippen molar-refractivity contribution >= 4 is 5.69 Å². The number of aromatic nitrogens is 1. The van der Waals surface area contributed by atoms with Gasteiger partial charge >= 0.3 is 0 Å². The van der Waals surface area contributed by atoms with Crippen LogP contribution in [0.5, 0.6) is 0 Å². The van der Waals surface area contributed by atoms with Crippen molar-refractivity contribution < 1.29 is 4.74 Å². The highest BCUT2D eigenvalue weighted by atomic mass is 16.5. The molecule has 1 heterocycles. The molecule has 1 aliphatic rings. The van der Waals surface area contributed by atoms with Crippen LogP contribution in [0.15, 0.2) is 18.5 Å². The third kappa shape index (κ3) is 2.00. The molecule has 1 N–H and O–H groups in total. The molecule has 0 amide bonds. The molecule has 0 unspecified atom stereocenters. The number of nitrogens with zero attached hydrogens (tertiary/aromatic N) is 2. The van der Waals surface area contributed by atoms with Crippen molar-refractivity contribution in [1.82, 2.24) is 4.98 Å². The van der Waals surface area contributed by atoms with Gasteiger partial charge in [-0.2, -0.15) is 5.26 Å². The van der Waals surface area contributed by atoms with E-state index in [0.717, 1.165) is 25.1 Å². The summed E-state index contributed by atoms with van der Waals surface area (Å²) in [5, 5.41) is 12.2. The average Bonchev–Trinajstić information content (AvgIpc) is 2.29. The molecule has 1 aromatic heterocycles. The number of ether oxygens (including phenoxy) is 1. The van der Waals surface area contributed by atoms with E-state index in [1.165, 1.54) is 6.42 Å². The number of rotatable bonds is 4. The Bertz CT molecular complexity index is 401. The zero-order chi connectivity index (χ0) is 11.4. The second-order valence-corrected chi connectivity index (χ2v) is 4.13. The van der Waals surface area contributed by atoms with Crippen LogP contribution < -0.4 is 5.32 Å². The number of nitriles is 1. The fraction of sp³-hybridized carbons (Fsp3) is 0.500. The van der Waals surface area contributed by atoms with Gasteiger partial charge in [0.05, 0.1) is 23.0 Å². The van der Waals surface area contributed by atoms with Crippen LogP contribution >= 0.6 is 0 Å². The summed E-state index contributed by atoms with van der Waals surface area (Å²) in [6, 6.07) is 3.85. The predicted octanol–water partition coefficient (Wildman–Crippen LogP) is 1.93. The second-order valence-electron chi connectivity index (χ2n) is 4.13. The van der Waals surface area contributed by atoms with Crippen LogP contribution in [0.3, 0.4) is 0 Å². The maximum atomic E-state index is 8.93. The molecule has 1 saturated carbocycles. The highest BCUT2D eigenvalue weighted by Gasteiger charge is 2.36. The van der Waals surface area contributed by atoms with Gasteiger partial charge in [0.2, 0.25) is 0 Å². The molecule has 0 saturated heterocycles. The topological polar surface area (TPSA) is 57.9 Å². The normalized spacial score (nSPS) is 17.2. The van der Waals surface area contributed by atoms with E-state index in [0.29, 0.717) is 5.56 Å². The van der Waals surface area contributed by atoms with Crippen molar-refractivity contribution in [3.63, 3.8) is 0 Å². The van der Waals surface area contributed by atoms with E-state index in [2.05, 4.69) is 16.4 Å². The van der Waals surface area contributed by atoms with E-state index in [1.54, 1.807) is 25.6 Å². The highest BCUT2D eigenvalue weighted by Crippen LogP contribution is 2.35. The standard InChI is InChI=1S/C12H15N3O/c1-16-12(4-2-5-12)9-15-11-8-14-6-3-10(11)7-13/h3,6,8,15H,2,4-5,9H2,1H3.